The molecule has 0 aromatic rings. The zero-order chi connectivity index (χ0) is 25.2. The maximum absolute atomic E-state index is 13.0. The Morgan fingerprint density at radius 1 is 0.794 bits per heavy atom. The Labute approximate surface area is 196 Å². The lowest BCUT2D eigenvalue weighted by Gasteiger charge is -2.43. The van der Waals surface area contributed by atoms with Crippen LogP contribution in [0.1, 0.15) is 0 Å². The van der Waals surface area contributed by atoms with Crippen molar-refractivity contribution in [2.75, 3.05) is 65.6 Å². The third kappa shape index (κ3) is 5.96. The average molecular weight is 482 g/mol. The van der Waals surface area contributed by atoms with Crippen molar-refractivity contribution in [2.45, 2.75) is 0 Å². The van der Waals surface area contributed by atoms with Crippen molar-refractivity contribution >= 4 is 35.8 Å². The number of nitrogens with zero attached hydrogens (tertiary/aromatic N) is 2. The van der Waals surface area contributed by atoms with Gasteiger partial charge in [-0.3, -0.25) is 20.2 Å². The monoisotopic (exact) mass is 482 g/mol. The first-order valence-electron chi connectivity index (χ1n) is 10.6. The maximum atomic E-state index is 13.0. The number of quaternary nitrogens is 2. The van der Waals surface area contributed by atoms with Crippen LogP contribution in [-0.2, 0) is 28.7 Å². The van der Waals surface area contributed by atoms with E-state index in [9.17, 15) is 28.8 Å². The minimum Gasteiger partial charge on any atom is -0.452 e. The van der Waals surface area contributed by atoms with E-state index in [4.69, 9.17) is 0 Å². The predicted octanol–water partition coefficient (Wildman–Crippen LogP) is -2.33. The number of hydrogen-bond acceptors (Lipinski definition) is 8. The number of nitrogens with one attached hydrogen (secondary N) is 4. The van der Waals surface area contributed by atoms with Crippen molar-refractivity contribution in [3.05, 3.63) is 25.3 Å². The van der Waals surface area contributed by atoms with Crippen LogP contribution in [0.25, 0.3) is 0 Å². The molecule has 2 aliphatic heterocycles. The van der Waals surface area contributed by atoms with Gasteiger partial charge in [0.1, 0.15) is 0 Å². The molecule has 4 N–H and O–H groups in total. The summed E-state index contributed by atoms with van der Waals surface area (Å²) in [5.74, 6) is -2.60. The highest BCUT2D eigenvalue weighted by molar-refractivity contribution is 5.85. The van der Waals surface area contributed by atoms with Gasteiger partial charge in [-0.05, 0) is 0 Å². The summed E-state index contributed by atoms with van der Waals surface area (Å²) in [4.78, 5) is 72.1. The normalized spacial score (nSPS) is 23.3. The lowest BCUT2D eigenvalue weighted by Crippen LogP contribution is -2.77. The van der Waals surface area contributed by atoms with Crippen LogP contribution in [0.5, 0.6) is 0 Å². The molecule has 34 heavy (non-hydrogen) atoms. The first-order chi connectivity index (χ1) is 16.2. The van der Waals surface area contributed by atoms with Gasteiger partial charge in [-0.25, -0.2) is 19.2 Å². The number of hydrogen-bond donors (Lipinski definition) is 4. The lowest BCUT2D eigenvalue weighted by atomic mass is 10.3. The van der Waals surface area contributed by atoms with Gasteiger partial charge in [0, 0.05) is 12.2 Å². The Balaban J connectivity index is 2.06. The number of ether oxygens (including phenoxy) is 2. The Kier molecular flexibility index (Phi) is 9.27. The fraction of sp³-hybridized carbons (Fsp3) is 0.500. The predicted molar refractivity (Wildman–Crippen MR) is 115 cm³/mol. The van der Waals surface area contributed by atoms with Crippen LogP contribution in [0.3, 0.4) is 0 Å². The number of rotatable bonds is 13. The number of esters is 2. The molecule has 2 atom stereocenters. The van der Waals surface area contributed by atoms with Crippen LogP contribution < -0.4 is 21.3 Å². The van der Waals surface area contributed by atoms with E-state index >= 15 is 0 Å². The van der Waals surface area contributed by atoms with Crippen molar-refractivity contribution in [3.8, 4) is 0 Å². The Bertz CT molecular complexity index is 807. The Morgan fingerprint density at radius 3 is 1.47 bits per heavy atom. The fourth-order valence-electron chi connectivity index (χ4n) is 3.99. The second kappa shape index (κ2) is 11.9. The summed E-state index contributed by atoms with van der Waals surface area (Å²) in [6, 6.07) is -0.758. The summed E-state index contributed by atoms with van der Waals surface area (Å²) < 4.78 is 8.74. The van der Waals surface area contributed by atoms with Gasteiger partial charge >= 0.3 is 24.0 Å². The SMILES string of the molecule is C=CC(=O)OCC(=O)NCC[N+]1([N+]2(CCNC(=O)COC(=O)C=C)CCNC2=O)CCNC1=O. The topological polar surface area (TPSA) is 169 Å². The Morgan fingerprint density at radius 2 is 1.18 bits per heavy atom. The number of carbonyl (C=O) groups excluding carboxylic acids is 6. The van der Waals surface area contributed by atoms with Crippen molar-refractivity contribution in [1.82, 2.24) is 21.3 Å². The van der Waals surface area contributed by atoms with Gasteiger partial charge < -0.3 is 20.1 Å². The third-order valence-electron chi connectivity index (χ3n) is 5.64. The highest BCUT2D eigenvalue weighted by Gasteiger charge is 2.65. The highest BCUT2D eigenvalue weighted by atomic mass is 16.5. The summed E-state index contributed by atoms with van der Waals surface area (Å²) in [6.45, 7) is 6.98. The number of carbonyl (C=O) groups is 6. The highest BCUT2D eigenvalue weighted by Crippen LogP contribution is 2.29. The molecule has 6 amide bonds. The second-order valence-electron chi connectivity index (χ2n) is 7.53. The minimum atomic E-state index is -0.739. The summed E-state index contributed by atoms with van der Waals surface area (Å²) in [7, 11) is 0. The molecule has 2 heterocycles. The third-order valence-corrected chi connectivity index (χ3v) is 5.64. The van der Waals surface area contributed by atoms with Gasteiger partial charge in [0.15, 0.2) is 39.4 Å². The van der Waals surface area contributed by atoms with E-state index in [2.05, 4.69) is 43.9 Å². The molecular weight excluding hydrogens is 452 g/mol. The van der Waals surface area contributed by atoms with Crippen molar-refractivity contribution in [2.24, 2.45) is 0 Å². The second-order valence-corrected chi connectivity index (χ2v) is 7.53. The molecule has 0 radical (unpaired) electrons. The van der Waals surface area contributed by atoms with Crippen LogP contribution in [0.4, 0.5) is 9.59 Å². The summed E-state index contributed by atoms with van der Waals surface area (Å²) >= 11 is 0. The molecule has 2 aliphatic rings. The zero-order valence-electron chi connectivity index (χ0n) is 18.8. The smallest absolute Gasteiger partial charge is 0.452 e. The maximum Gasteiger partial charge on any atom is 0.465 e. The van der Waals surface area contributed by atoms with Crippen molar-refractivity contribution < 1.29 is 47.4 Å². The molecule has 0 aromatic heterocycles. The molecule has 0 spiro atoms. The number of urea groups is 2. The molecule has 2 fully saturated rings. The molecule has 0 bridgehead atoms. The molecule has 14 heteroatoms. The van der Waals surface area contributed by atoms with Gasteiger partial charge in [0.25, 0.3) is 11.8 Å². The van der Waals surface area contributed by atoms with Gasteiger partial charge in [-0.2, -0.15) is 0 Å². The molecule has 14 nitrogen and oxygen atoms in total. The first kappa shape index (κ1) is 26.5. The molecular formula is C20H30N6O8+2. The molecule has 186 valence electrons. The van der Waals surface area contributed by atoms with E-state index in [1.165, 1.54) is 0 Å². The van der Waals surface area contributed by atoms with E-state index < -0.39 is 37.0 Å². The zero-order valence-corrected chi connectivity index (χ0v) is 18.8. The Hall–Kier alpha value is -3.78. The van der Waals surface area contributed by atoms with Crippen LogP contribution in [0, 0.1) is 0 Å². The van der Waals surface area contributed by atoms with E-state index in [0.29, 0.717) is 26.2 Å². The van der Waals surface area contributed by atoms with Crippen molar-refractivity contribution in [3.63, 3.8) is 0 Å². The van der Waals surface area contributed by atoms with Crippen molar-refractivity contribution in [1.29, 1.82) is 0 Å². The summed E-state index contributed by atoms with van der Waals surface area (Å²) in [5.41, 5.74) is 0. The van der Waals surface area contributed by atoms with Crippen LogP contribution >= 0.6 is 0 Å². The molecule has 0 aliphatic carbocycles. The largest absolute Gasteiger partial charge is 0.465 e. The quantitative estimate of drug-likeness (QED) is 0.129. The summed E-state index contributed by atoms with van der Waals surface area (Å²) in [5, 5.41) is 10.7. The fourth-order valence-corrected chi connectivity index (χ4v) is 3.99. The van der Waals surface area contributed by atoms with Crippen LogP contribution in [0.2, 0.25) is 0 Å². The average Bonchev–Trinajstić information content (AvgIpc) is 3.39. The van der Waals surface area contributed by atoms with Gasteiger partial charge in [-0.15, -0.1) is 0 Å². The minimum absolute atomic E-state index is 0.0367. The molecule has 0 aromatic carbocycles. The van der Waals surface area contributed by atoms with Crippen LogP contribution in [-0.4, -0.2) is 111 Å². The van der Waals surface area contributed by atoms with Gasteiger partial charge in [-0.1, -0.05) is 22.3 Å². The summed E-state index contributed by atoms with van der Waals surface area (Å²) in [6.07, 6.45) is 1.87. The molecule has 2 saturated heterocycles. The van der Waals surface area contributed by atoms with E-state index in [1.807, 2.05) is 0 Å². The first-order valence-corrected chi connectivity index (χ1v) is 10.6. The molecule has 0 saturated carbocycles. The van der Waals surface area contributed by atoms with Gasteiger partial charge in [0.05, 0.1) is 26.2 Å². The van der Waals surface area contributed by atoms with E-state index in [-0.39, 0.29) is 47.4 Å². The lowest BCUT2D eigenvalue weighted by molar-refractivity contribution is -1.41. The van der Waals surface area contributed by atoms with E-state index in [0.717, 1.165) is 12.2 Å². The van der Waals surface area contributed by atoms with Crippen LogP contribution in [0.15, 0.2) is 25.3 Å². The molecule has 2 rings (SSSR count). The van der Waals surface area contributed by atoms with E-state index in [1.54, 1.807) is 0 Å². The standard InChI is InChI=1S/C20H28N6O8/c1-3-17(29)33-13-15(27)21-5-9-25(11-7-23-19(25)31)26(12-8-24-20(26)32)10-6-22-16(28)14-34-18(30)4-2/h3-4H,1-2,5-14H2,(H2-2,21,22,23,24,27,28,31,32)/p+2. The van der Waals surface area contributed by atoms with Gasteiger partial charge in [0.2, 0.25) is 0 Å². The molecule has 2 unspecified atom stereocenters. The number of amides is 6.